The predicted molar refractivity (Wildman–Crippen MR) is 179 cm³/mol. The zero-order valence-corrected chi connectivity index (χ0v) is 27.4. The van der Waals surface area contributed by atoms with Crippen molar-refractivity contribution in [3.05, 3.63) is 77.4 Å². The SMILES string of the molecule is CCCCCCCN(C(=O)C(CC(N)=O)NC(=O)OC(C)(C)C)C(C(=O)Nc1ccc2ccccc2c1)c1cccc(C)c1C. The number of anilines is 1. The molecule has 0 bridgehead atoms. The second-order valence-electron chi connectivity index (χ2n) is 12.6. The molecule has 4 N–H and O–H groups in total. The van der Waals surface area contributed by atoms with E-state index >= 15 is 0 Å². The van der Waals surface area contributed by atoms with Gasteiger partial charge in [0, 0.05) is 12.2 Å². The molecule has 242 valence electrons. The van der Waals surface area contributed by atoms with E-state index in [0.29, 0.717) is 17.7 Å². The highest BCUT2D eigenvalue weighted by atomic mass is 16.6. The summed E-state index contributed by atoms with van der Waals surface area (Å²) in [6.07, 6.45) is 3.28. The van der Waals surface area contributed by atoms with Crippen LogP contribution in [-0.2, 0) is 19.1 Å². The van der Waals surface area contributed by atoms with Crippen LogP contribution >= 0.6 is 0 Å². The van der Waals surface area contributed by atoms with E-state index in [1.165, 1.54) is 4.90 Å². The van der Waals surface area contributed by atoms with Crippen LogP contribution in [0.2, 0.25) is 0 Å². The van der Waals surface area contributed by atoms with E-state index < -0.39 is 47.9 Å². The molecule has 4 amide bonds. The number of amides is 4. The summed E-state index contributed by atoms with van der Waals surface area (Å²) in [4.78, 5) is 55.2. The fourth-order valence-electron chi connectivity index (χ4n) is 5.30. The number of ether oxygens (including phenoxy) is 1. The van der Waals surface area contributed by atoms with Gasteiger partial charge in [-0.15, -0.1) is 0 Å². The Bertz CT molecular complexity index is 1500. The Morgan fingerprint density at radius 1 is 0.889 bits per heavy atom. The molecule has 0 aliphatic carbocycles. The molecular weight excluding hydrogens is 568 g/mol. The zero-order chi connectivity index (χ0) is 33.1. The molecule has 0 saturated carbocycles. The van der Waals surface area contributed by atoms with E-state index in [0.717, 1.165) is 47.6 Å². The fourth-order valence-corrected chi connectivity index (χ4v) is 5.30. The van der Waals surface area contributed by atoms with Gasteiger partial charge in [-0.2, -0.15) is 0 Å². The number of aryl methyl sites for hydroxylation is 1. The van der Waals surface area contributed by atoms with Crippen molar-refractivity contribution in [3.8, 4) is 0 Å². The van der Waals surface area contributed by atoms with E-state index in [4.69, 9.17) is 10.5 Å². The van der Waals surface area contributed by atoms with E-state index in [2.05, 4.69) is 17.6 Å². The standard InChI is InChI=1S/C36H48N4O5/c1-7-8-9-10-13-21-40(34(43)30(23-31(37)41)39-35(44)45-36(4,5)6)32(29-18-14-15-24(2)25(29)3)33(42)38-28-20-19-26-16-11-12-17-27(26)22-28/h11-12,14-20,22,30,32H,7-10,13,21,23H2,1-6H3,(H2,37,41)(H,38,42)(H,39,44). The molecule has 0 saturated heterocycles. The number of primary amides is 1. The van der Waals surface area contributed by atoms with E-state index in [-0.39, 0.29) is 6.54 Å². The number of unbranched alkanes of at least 4 members (excludes halogenated alkanes) is 4. The van der Waals surface area contributed by atoms with E-state index in [1.807, 2.05) is 74.5 Å². The molecule has 3 rings (SSSR count). The maximum absolute atomic E-state index is 14.4. The maximum atomic E-state index is 14.4. The highest BCUT2D eigenvalue weighted by Gasteiger charge is 2.37. The van der Waals surface area contributed by atoms with Gasteiger partial charge in [0.1, 0.15) is 17.7 Å². The molecule has 45 heavy (non-hydrogen) atoms. The first kappa shape index (κ1) is 35.1. The zero-order valence-electron chi connectivity index (χ0n) is 27.4. The average Bonchev–Trinajstić information content (AvgIpc) is 2.96. The Hall–Kier alpha value is -4.40. The Morgan fingerprint density at radius 2 is 1.58 bits per heavy atom. The van der Waals surface area contributed by atoms with Gasteiger partial charge in [0.05, 0.1) is 6.42 Å². The largest absolute Gasteiger partial charge is 0.444 e. The molecule has 3 aromatic rings. The van der Waals surface area contributed by atoms with Crippen molar-refractivity contribution >= 4 is 40.3 Å². The quantitative estimate of drug-likeness (QED) is 0.173. The van der Waals surface area contributed by atoms with Crippen LogP contribution in [-0.4, -0.2) is 46.9 Å². The lowest BCUT2D eigenvalue weighted by Gasteiger charge is -2.35. The van der Waals surface area contributed by atoms with Crippen LogP contribution in [0.3, 0.4) is 0 Å². The van der Waals surface area contributed by atoms with Crippen molar-refractivity contribution in [1.82, 2.24) is 10.2 Å². The second-order valence-corrected chi connectivity index (χ2v) is 12.6. The van der Waals surface area contributed by atoms with Crippen LogP contribution in [0.5, 0.6) is 0 Å². The Labute approximate surface area is 266 Å². The number of carbonyl (C=O) groups excluding carboxylic acids is 4. The summed E-state index contributed by atoms with van der Waals surface area (Å²) in [5, 5.41) is 7.59. The van der Waals surface area contributed by atoms with Gasteiger partial charge in [-0.1, -0.05) is 81.1 Å². The van der Waals surface area contributed by atoms with Crippen molar-refractivity contribution < 1.29 is 23.9 Å². The van der Waals surface area contributed by atoms with E-state index in [9.17, 15) is 19.2 Å². The number of nitrogens with two attached hydrogens (primary N) is 1. The summed E-state index contributed by atoms with van der Waals surface area (Å²) in [7, 11) is 0. The number of fused-ring (bicyclic) bond motifs is 1. The fraction of sp³-hybridized carbons (Fsp3) is 0.444. The monoisotopic (exact) mass is 616 g/mol. The van der Waals surface area contributed by atoms with Crippen LogP contribution < -0.4 is 16.4 Å². The molecule has 0 aliphatic heterocycles. The highest BCUT2D eigenvalue weighted by molar-refractivity contribution is 6.01. The van der Waals surface area contributed by atoms with Crippen LogP contribution in [0.25, 0.3) is 10.8 Å². The van der Waals surface area contributed by atoms with Crippen LogP contribution in [0.1, 0.15) is 89.0 Å². The minimum atomic E-state index is -1.32. The van der Waals surface area contributed by atoms with Crippen LogP contribution in [0, 0.1) is 13.8 Å². The molecule has 9 nitrogen and oxygen atoms in total. The maximum Gasteiger partial charge on any atom is 0.408 e. The first-order valence-corrected chi connectivity index (χ1v) is 15.7. The number of carbonyl (C=O) groups is 4. The number of alkyl carbamates (subject to hydrolysis) is 1. The minimum absolute atomic E-state index is 0.233. The lowest BCUT2D eigenvalue weighted by molar-refractivity contribution is -0.142. The smallest absolute Gasteiger partial charge is 0.408 e. The Kier molecular flexibility index (Phi) is 12.5. The van der Waals surface area contributed by atoms with Crippen molar-refractivity contribution in [2.75, 3.05) is 11.9 Å². The first-order chi connectivity index (χ1) is 21.3. The number of rotatable bonds is 14. The van der Waals surface area contributed by atoms with Gasteiger partial charge < -0.3 is 26.0 Å². The summed E-state index contributed by atoms with van der Waals surface area (Å²) in [6.45, 7) is 11.3. The third kappa shape index (κ3) is 10.3. The van der Waals surface area contributed by atoms with Crippen molar-refractivity contribution in [2.24, 2.45) is 5.73 Å². The molecule has 9 heteroatoms. The van der Waals surface area contributed by atoms with Gasteiger partial charge in [-0.25, -0.2) is 4.79 Å². The van der Waals surface area contributed by atoms with Crippen molar-refractivity contribution in [2.45, 2.75) is 97.8 Å². The summed E-state index contributed by atoms with van der Waals surface area (Å²) in [5.74, 6) is -1.76. The lowest BCUT2D eigenvalue weighted by atomic mass is 9.94. The molecule has 2 unspecified atom stereocenters. The Morgan fingerprint density at radius 3 is 2.24 bits per heavy atom. The number of hydrogen-bond acceptors (Lipinski definition) is 5. The third-order valence-electron chi connectivity index (χ3n) is 7.70. The average molecular weight is 617 g/mol. The molecular formula is C36H48N4O5. The number of hydrogen-bond donors (Lipinski definition) is 3. The molecule has 0 spiro atoms. The first-order valence-electron chi connectivity index (χ1n) is 15.7. The van der Waals surface area contributed by atoms with Gasteiger partial charge in [-0.05, 0) is 80.6 Å². The Balaban J connectivity index is 2.08. The summed E-state index contributed by atoms with van der Waals surface area (Å²) < 4.78 is 5.39. The predicted octanol–water partition coefficient (Wildman–Crippen LogP) is 6.70. The second kappa shape index (κ2) is 16.1. The van der Waals surface area contributed by atoms with Crippen LogP contribution in [0.4, 0.5) is 10.5 Å². The molecule has 0 heterocycles. The molecule has 0 fully saturated rings. The topological polar surface area (TPSA) is 131 Å². The lowest BCUT2D eigenvalue weighted by Crippen LogP contribution is -2.53. The van der Waals surface area contributed by atoms with E-state index in [1.54, 1.807) is 20.8 Å². The van der Waals surface area contributed by atoms with Crippen molar-refractivity contribution in [3.63, 3.8) is 0 Å². The van der Waals surface area contributed by atoms with Crippen molar-refractivity contribution in [1.29, 1.82) is 0 Å². The van der Waals surface area contributed by atoms with Crippen LogP contribution in [0.15, 0.2) is 60.7 Å². The molecule has 2 atom stereocenters. The third-order valence-corrected chi connectivity index (χ3v) is 7.70. The molecule has 3 aromatic carbocycles. The number of nitrogens with one attached hydrogen (secondary N) is 2. The molecule has 0 aliphatic rings. The highest BCUT2D eigenvalue weighted by Crippen LogP contribution is 2.30. The number of nitrogens with zero attached hydrogens (tertiary/aromatic N) is 1. The normalized spacial score (nSPS) is 12.7. The molecule has 0 radical (unpaired) electrons. The summed E-state index contributed by atoms with van der Waals surface area (Å²) in [6, 6.07) is 16.8. The van der Waals surface area contributed by atoms with Gasteiger partial charge in [0.15, 0.2) is 0 Å². The van der Waals surface area contributed by atoms with Gasteiger partial charge in [0.2, 0.25) is 11.8 Å². The minimum Gasteiger partial charge on any atom is -0.444 e. The number of benzene rings is 3. The summed E-state index contributed by atoms with van der Waals surface area (Å²) in [5.41, 5.74) is 7.80. The van der Waals surface area contributed by atoms with Gasteiger partial charge in [-0.3, -0.25) is 14.4 Å². The summed E-state index contributed by atoms with van der Waals surface area (Å²) >= 11 is 0. The van der Waals surface area contributed by atoms with Gasteiger partial charge in [0.25, 0.3) is 5.91 Å². The molecule has 0 aromatic heterocycles. The van der Waals surface area contributed by atoms with Gasteiger partial charge >= 0.3 is 6.09 Å².